The number of carboxylic acids is 1. The number of hydrogen-bond acceptors (Lipinski definition) is 6. The van der Waals surface area contributed by atoms with Crippen molar-refractivity contribution in [2.75, 3.05) is 39.9 Å². The Balaban J connectivity index is 1.89. The van der Waals surface area contributed by atoms with Gasteiger partial charge in [0.05, 0.1) is 5.92 Å². The van der Waals surface area contributed by atoms with Gasteiger partial charge in [-0.05, 0) is 58.0 Å². The van der Waals surface area contributed by atoms with Crippen molar-refractivity contribution in [3.8, 4) is 0 Å². The van der Waals surface area contributed by atoms with E-state index in [2.05, 4.69) is 16.0 Å². The van der Waals surface area contributed by atoms with E-state index < -0.39 is 29.4 Å². The SMILES string of the molecule is COCC(=O)N[C@@](C)(NC(=O)C1CCCN(C(=O)CCC2CCNCC2)C1)C(=O)O. The van der Waals surface area contributed by atoms with Crippen molar-refractivity contribution >= 4 is 23.7 Å². The first kappa shape index (κ1) is 24.1. The van der Waals surface area contributed by atoms with Gasteiger partial charge < -0.3 is 30.7 Å². The first-order valence-corrected chi connectivity index (χ1v) is 10.6. The lowest BCUT2D eigenvalue weighted by Crippen LogP contribution is -2.65. The Morgan fingerprint density at radius 1 is 1.17 bits per heavy atom. The molecule has 0 aromatic carbocycles. The van der Waals surface area contributed by atoms with Crippen LogP contribution in [0.1, 0.15) is 45.4 Å². The molecule has 2 atom stereocenters. The number of nitrogens with zero attached hydrogens (tertiary/aromatic N) is 1. The third kappa shape index (κ3) is 6.94. The van der Waals surface area contributed by atoms with Crippen molar-refractivity contribution in [3.63, 3.8) is 0 Å². The maximum Gasteiger partial charge on any atom is 0.350 e. The molecule has 3 amide bonds. The molecule has 0 aromatic heterocycles. The van der Waals surface area contributed by atoms with E-state index in [9.17, 15) is 24.3 Å². The van der Waals surface area contributed by atoms with E-state index in [0.717, 1.165) is 32.4 Å². The topological polar surface area (TPSA) is 137 Å². The first-order chi connectivity index (χ1) is 14.2. The average molecular weight is 427 g/mol. The van der Waals surface area contributed by atoms with Crippen LogP contribution in [-0.4, -0.2) is 79.3 Å². The Bertz CT molecular complexity index is 637. The normalized spacial score (nSPS) is 22.1. The number of ether oxygens (including phenoxy) is 1. The lowest BCUT2D eigenvalue weighted by molar-refractivity contribution is -0.152. The molecular weight excluding hydrogens is 392 g/mol. The fourth-order valence-corrected chi connectivity index (χ4v) is 4.01. The lowest BCUT2D eigenvalue weighted by atomic mass is 9.92. The summed E-state index contributed by atoms with van der Waals surface area (Å²) in [6.45, 7) is 3.75. The molecule has 2 saturated heterocycles. The summed E-state index contributed by atoms with van der Waals surface area (Å²) in [5.41, 5.74) is -1.95. The van der Waals surface area contributed by atoms with Crippen molar-refractivity contribution in [2.45, 2.75) is 51.1 Å². The number of amides is 3. The van der Waals surface area contributed by atoms with Crippen molar-refractivity contribution in [2.24, 2.45) is 11.8 Å². The van der Waals surface area contributed by atoms with Crippen LogP contribution in [0.5, 0.6) is 0 Å². The second-order valence-corrected chi connectivity index (χ2v) is 8.31. The minimum atomic E-state index is -1.95. The number of rotatable bonds is 9. The van der Waals surface area contributed by atoms with Crippen LogP contribution in [0.25, 0.3) is 0 Å². The molecule has 0 spiro atoms. The molecule has 170 valence electrons. The van der Waals surface area contributed by atoms with Gasteiger partial charge >= 0.3 is 5.97 Å². The highest BCUT2D eigenvalue weighted by Gasteiger charge is 2.39. The first-order valence-electron chi connectivity index (χ1n) is 10.6. The summed E-state index contributed by atoms with van der Waals surface area (Å²) in [6.07, 6.45) is 4.74. The molecule has 2 aliphatic heterocycles. The molecule has 1 unspecified atom stereocenters. The van der Waals surface area contributed by atoms with Crippen LogP contribution in [0, 0.1) is 11.8 Å². The summed E-state index contributed by atoms with van der Waals surface area (Å²) in [4.78, 5) is 50.5. The second-order valence-electron chi connectivity index (χ2n) is 8.31. The summed E-state index contributed by atoms with van der Waals surface area (Å²) in [7, 11) is 1.31. The van der Waals surface area contributed by atoms with Gasteiger partial charge in [0.25, 0.3) is 0 Å². The lowest BCUT2D eigenvalue weighted by Gasteiger charge is -2.35. The van der Waals surface area contributed by atoms with E-state index in [1.807, 2.05) is 0 Å². The molecule has 0 bridgehead atoms. The summed E-state index contributed by atoms with van der Waals surface area (Å²) < 4.78 is 4.69. The van der Waals surface area contributed by atoms with Crippen LogP contribution < -0.4 is 16.0 Å². The maximum atomic E-state index is 12.7. The molecule has 10 heteroatoms. The number of nitrogens with one attached hydrogen (secondary N) is 3. The number of methoxy groups -OCH3 is 1. The molecule has 0 aromatic rings. The molecule has 0 radical (unpaired) electrons. The number of carbonyl (C=O) groups is 4. The van der Waals surface area contributed by atoms with Crippen LogP contribution in [-0.2, 0) is 23.9 Å². The highest BCUT2D eigenvalue weighted by molar-refractivity contribution is 5.92. The summed E-state index contributed by atoms with van der Waals surface area (Å²) in [5, 5.41) is 17.5. The number of hydrogen-bond donors (Lipinski definition) is 4. The standard InChI is InChI=1S/C20H34N4O6/c1-20(19(28)29,22-16(25)13-30-2)23-18(27)15-4-3-11-24(12-15)17(26)6-5-14-7-9-21-10-8-14/h14-15,21H,3-13H2,1-2H3,(H,22,25)(H,23,27)(H,28,29)/t15?,20-/m0/s1. The molecule has 2 heterocycles. The fourth-order valence-electron chi connectivity index (χ4n) is 4.01. The molecule has 4 N–H and O–H groups in total. The largest absolute Gasteiger partial charge is 0.478 e. The van der Waals surface area contributed by atoms with Crippen LogP contribution in [0.2, 0.25) is 0 Å². The molecule has 2 rings (SSSR count). The van der Waals surface area contributed by atoms with Gasteiger partial charge in [-0.2, -0.15) is 0 Å². The fraction of sp³-hybridized carbons (Fsp3) is 0.800. The van der Waals surface area contributed by atoms with Crippen molar-refractivity contribution < 1.29 is 29.0 Å². The van der Waals surface area contributed by atoms with Crippen molar-refractivity contribution in [1.82, 2.24) is 20.9 Å². The predicted octanol–water partition coefficient (Wildman–Crippen LogP) is -0.316. The van der Waals surface area contributed by atoms with Gasteiger partial charge in [-0.1, -0.05) is 0 Å². The highest BCUT2D eigenvalue weighted by atomic mass is 16.5. The van der Waals surface area contributed by atoms with E-state index in [-0.39, 0.29) is 19.1 Å². The average Bonchev–Trinajstić information content (AvgIpc) is 2.72. The van der Waals surface area contributed by atoms with Crippen LogP contribution >= 0.6 is 0 Å². The van der Waals surface area contributed by atoms with E-state index in [1.54, 1.807) is 4.90 Å². The number of carboxylic acid groups (broad SMARTS) is 1. The van der Waals surface area contributed by atoms with Gasteiger partial charge in [-0.3, -0.25) is 14.4 Å². The van der Waals surface area contributed by atoms with Crippen molar-refractivity contribution in [1.29, 1.82) is 0 Å². The smallest absolute Gasteiger partial charge is 0.350 e. The Kier molecular flexibility index (Phi) is 9.04. The van der Waals surface area contributed by atoms with E-state index in [1.165, 1.54) is 14.0 Å². The molecular formula is C20H34N4O6. The minimum absolute atomic E-state index is 0.0421. The summed E-state index contributed by atoms with van der Waals surface area (Å²) in [6, 6.07) is 0. The predicted molar refractivity (Wildman–Crippen MR) is 108 cm³/mol. The maximum absolute atomic E-state index is 12.7. The molecule has 30 heavy (non-hydrogen) atoms. The number of carbonyl (C=O) groups excluding carboxylic acids is 3. The van der Waals surface area contributed by atoms with Crippen LogP contribution in [0.15, 0.2) is 0 Å². The number of likely N-dealkylation sites (tertiary alicyclic amines) is 1. The monoisotopic (exact) mass is 426 g/mol. The van der Waals surface area contributed by atoms with E-state index in [0.29, 0.717) is 31.7 Å². The van der Waals surface area contributed by atoms with Gasteiger partial charge in [-0.15, -0.1) is 0 Å². The number of aliphatic carboxylic acids is 1. The molecule has 0 saturated carbocycles. The van der Waals surface area contributed by atoms with Gasteiger partial charge in [0.2, 0.25) is 23.4 Å². The summed E-state index contributed by atoms with van der Waals surface area (Å²) >= 11 is 0. The Morgan fingerprint density at radius 3 is 2.50 bits per heavy atom. The van der Waals surface area contributed by atoms with Gasteiger partial charge in [-0.25, -0.2) is 4.79 Å². The molecule has 2 aliphatic rings. The Morgan fingerprint density at radius 2 is 1.87 bits per heavy atom. The summed E-state index contributed by atoms with van der Waals surface area (Å²) in [5.74, 6) is -2.44. The number of piperidine rings is 2. The third-order valence-electron chi connectivity index (χ3n) is 5.84. The molecule has 0 aliphatic carbocycles. The zero-order valence-corrected chi connectivity index (χ0v) is 17.9. The second kappa shape index (κ2) is 11.3. The van der Waals surface area contributed by atoms with Gasteiger partial charge in [0.15, 0.2) is 0 Å². The van der Waals surface area contributed by atoms with E-state index in [4.69, 9.17) is 4.74 Å². The van der Waals surface area contributed by atoms with Gasteiger partial charge in [0, 0.05) is 26.6 Å². The Labute approximate surface area is 177 Å². The quantitative estimate of drug-likeness (QED) is 0.371. The zero-order chi connectivity index (χ0) is 22.1. The highest BCUT2D eigenvalue weighted by Crippen LogP contribution is 2.22. The van der Waals surface area contributed by atoms with Crippen LogP contribution in [0.3, 0.4) is 0 Å². The van der Waals surface area contributed by atoms with Crippen LogP contribution in [0.4, 0.5) is 0 Å². The molecule has 2 fully saturated rings. The van der Waals surface area contributed by atoms with E-state index >= 15 is 0 Å². The molecule has 10 nitrogen and oxygen atoms in total. The minimum Gasteiger partial charge on any atom is -0.478 e. The van der Waals surface area contributed by atoms with Crippen molar-refractivity contribution in [3.05, 3.63) is 0 Å². The van der Waals surface area contributed by atoms with Gasteiger partial charge in [0.1, 0.15) is 6.61 Å². The Hall–Kier alpha value is -2.20. The third-order valence-corrected chi connectivity index (χ3v) is 5.84. The zero-order valence-electron chi connectivity index (χ0n) is 17.9.